The molecule has 0 unspecified atom stereocenters. The minimum absolute atomic E-state index is 0.773. The van der Waals surface area contributed by atoms with Gasteiger partial charge >= 0.3 is 84.5 Å². The minimum atomic E-state index is -6.06. The van der Waals surface area contributed by atoms with E-state index in [4.69, 9.17) is 57.7 Å². The lowest BCUT2D eigenvalue weighted by Crippen LogP contribution is -2.70. The Labute approximate surface area is 487 Å². The number of carbonyl (C=O) groups is 2. The Hall–Kier alpha value is -2.65. The number of rotatable bonds is 28. The largest absolute Gasteiger partial charge is 0.479 e. The quantitative estimate of drug-likeness (QED) is 0.0324. The van der Waals surface area contributed by atoms with Crippen molar-refractivity contribution in [2.45, 2.75) is 153 Å². The number of aliphatic hydroxyl groups is 6. The summed E-state index contributed by atoms with van der Waals surface area (Å²) in [5.41, 5.74) is 6.18. The zero-order chi connectivity index (χ0) is 66.2. The maximum atomic E-state index is 12.9. The summed E-state index contributed by atoms with van der Waals surface area (Å²) in [5.74, 6) is -4.67. The molecule has 49 nitrogen and oxygen atoms in total. The molecule has 0 aromatic heterocycles. The van der Waals surface area contributed by atoms with Gasteiger partial charge in [-0.2, -0.15) is 68.4 Å². The number of nitrogens with two attached hydrogens (primary N) is 1. The molecule has 0 saturated carbocycles. The summed E-state index contributed by atoms with van der Waals surface area (Å²) in [4.78, 5) is 25.6. The lowest BCUT2D eigenvalue weighted by molar-refractivity contribution is -0.372. The number of aliphatic carboxylic acids is 2. The molecular formula is C31H53N3O46S7. The molecule has 56 heteroatoms. The first-order valence-corrected chi connectivity index (χ1v) is 32.6. The molecule has 5 rings (SSSR count). The van der Waals surface area contributed by atoms with Crippen LogP contribution in [0.4, 0.5) is 0 Å². The molecule has 0 aromatic rings. The van der Waals surface area contributed by atoms with Crippen molar-refractivity contribution in [1.29, 1.82) is 0 Å². The van der Waals surface area contributed by atoms with Crippen LogP contribution >= 0.6 is 0 Å². The second-order valence-corrected chi connectivity index (χ2v) is 25.9. The van der Waals surface area contributed by atoms with Crippen LogP contribution in [-0.2, 0) is 150 Å². The number of hydrogen-bond donors (Lipinski definition) is 18. The highest BCUT2D eigenvalue weighted by atomic mass is 32.3. The third-order valence-corrected chi connectivity index (χ3v) is 15.6. The van der Waals surface area contributed by atoms with E-state index in [0.29, 0.717) is 0 Å². The second kappa shape index (κ2) is 28.7. The van der Waals surface area contributed by atoms with Crippen LogP contribution < -0.4 is 15.2 Å². The lowest BCUT2D eigenvalue weighted by Gasteiger charge is -2.50. The van der Waals surface area contributed by atoms with Crippen LogP contribution in [-0.4, -0.2) is 324 Å². The molecule has 0 radical (unpaired) electrons. The molecule has 25 atom stereocenters. The topological polar surface area (TPSA) is 765 Å². The Morgan fingerprint density at radius 3 is 1.23 bits per heavy atom. The zero-order valence-electron chi connectivity index (χ0n) is 42.4. The van der Waals surface area contributed by atoms with Crippen LogP contribution in [0, 0.1) is 0 Å². The van der Waals surface area contributed by atoms with Gasteiger partial charge in [0, 0.05) is 7.11 Å². The van der Waals surface area contributed by atoms with Crippen LogP contribution in [0.25, 0.3) is 0 Å². The van der Waals surface area contributed by atoms with E-state index < -0.39 is 258 Å². The predicted octanol–water partition coefficient (Wildman–Crippen LogP) is -13.2. The summed E-state index contributed by atoms with van der Waals surface area (Å²) in [5, 5.41) is 87.4. The van der Waals surface area contributed by atoms with Gasteiger partial charge in [0.1, 0.15) is 97.5 Å². The number of aliphatic hydroxyl groups excluding tert-OH is 6. The lowest BCUT2D eigenvalue weighted by atomic mass is 9.94. The first kappa shape index (κ1) is 75.1. The van der Waals surface area contributed by atoms with Gasteiger partial charge in [-0.05, 0) is 0 Å². The first-order valence-electron chi connectivity index (χ1n) is 22.9. The van der Waals surface area contributed by atoms with Crippen molar-refractivity contribution < 1.29 is 210 Å². The van der Waals surface area contributed by atoms with Gasteiger partial charge in [0.2, 0.25) is 0 Å². The highest BCUT2D eigenvalue weighted by molar-refractivity contribution is 7.84. The van der Waals surface area contributed by atoms with E-state index in [0.717, 1.165) is 7.11 Å². The zero-order valence-corrected chi connectivity index (χ0v) is 48.1. The van der Waals surface area contributed by atoms with Crippen molar-refractivity contribution in [3.63, 3.8) is 0 Å². The molecule has 510 valence electrons. The molecule has 0 bridgehead atoms. The molecule has 87 heavy (non-hydrogen) atoms. The number of hydrogen-bond acceptors (Lipinski definition) is 38. The third-order valence-electron chi connectivity index (χ3n) is 12.2. The molecule has 5 aliphatic heterocycles. The maximum absolute atomic E-state index is 12.9. The number of nitrogens with one attached hydrogen (secondary N) is 2. The number of carboxylic acids is 2. The van der Waals surface area contributed by atoms with Gasteiger partial charge in [-0.1, -0.05) is 0 Å². The predicted molar refractivity (Wildman–Crippen MR) is 251 cm³/mol. The monoisotopic (exact) mass is 1430 g/mol. The van der Waals surface area contributed by atoms with Crippen LogP contribution in [0.5, 0.6) is 0 Å². The first-order chi connectivity index (χ1) is 39.5. The summed E-state index contributed by atoms with van der Waals surface area (Å²) in [6.45, 7) is -4.76. The summed E-state index contributed by atoms with van der Waals surface area (Å²) >= 11 is 0. The van der Waals surface area contributed by atoms with Crippen molar-refractivity contribution in [1.82, 2.24) is 9.44 Å². The molecule has 5 heterocycles. The Morgan fingerprint density at radius 1 is 0.402 bits per heavy atom. The van der Waals surface area contributed by atoms with Gasteiger partial charge < -0.3 is 94.0 Å². The Morgan fingerprint density at radius 2 is 0.782 bits per heavy atom. The number of methoxy groups -OCH3 is 1. The van der Waals surface area contributed by atoms with Gasteiger partial charge in [0.05, 0.1) is 25.9 Å². The standard InChI is InChI=1S/C31H53N3O46S7/c1-66-28-10(34-82(48,49)50)13(37)17(6(72-28)3-68-84(54,55)56)73-31-22(80-87(63,64)65)16(40)21(24(78-31)26(43)44)75-27-8(32)19(79-86(60,61)62)18(7(71-27)4-69-85(57,58)59)74-30-15(39)14(38)20(23(77-30)25(41)42)76-29-9(33-81(45,46)47)12(36)11(35)5(70-29)2-67-83(51,52)53/h5-24,27-31,33-40H,2-4,32H2,1H3,(H,41,42)(H,43,44)(H,45,46,47)(H,48,49,50)(H,51,52,53)(H,54,55,56)(H,57,58,59)(H,60,61,62)(H,63,64,65)/t5-,6-,7-,8-,9-,10-,11-,12-,13-,14-,15-,16+,17-,18-,19-,20+,21+,22-,23+,24-,27-,28+,29-,30-,31-/m1/s1. The van der Waals surface area contributed by atoms with Crippen LogP contribution in [0.2, 0.25) is 0 Å². The second-order valence-electron chi connectivity index (χ2n) is 18.2. The molecule has 0 aliphatic carbocycles. The van der Waals surface area contributed by atoms with Crippen molar-refractivity contribution in [2.24, 2.45) is 5.73 Å². The summed E-state index contributed by atoms with van der Waals surface area (Å²) in [6.07, 6.45) is -59.8. The molecule has 5 fully saturated rings. The Balaban J connectivity index is 1.52. The van der Waals surface area contributed by atoms with Gasteiger partial charge in [-0.3, -0.25) is 31.9 Å². The van der Waals surface area contributed by atoms with Crippen molar-refractivity contribution in [3.05, 3.63) is 0 Å². The molecule has 0 aromatic carbocycles. The van der Waals surface area contributed by atoms with Gasteiger partial charge in [-0.25, -0.2) is 30.5 Å². The Bertz CT molecular complexity index is 3210. The smallest absolute Gasteiger partial charge is 0.397 e. The number of carboxylic acid groups (broad SMARTS) is 2. The molecule has 5 aliphatic rings. The molecule has 19 N–H and O–H groups in total. The van der Waals surface area contributed by atoms with E-state index in [2.05, 4.69) is 20.9 Å². The van der Waals surface area contributed by atoms with Gasteiger partial charge in [0.25, 0.3) is 0 Å². The highest BCUT2D eigenvalue weighted by Gasteiger charge is 2.60. The molecule has 0 amide bonds. The van der Waals surface area contributed by atoms with E-state index in [1.807, 2.05) is 0 Å². The van der Waals surface area contributed by atoms with E-state index in [9.17, 15) is 137 Å². The average molecular weight is 1430 g/mol. The molecular weight excluding hydrogens is 1370 g/mol. The minimum Gasteiger partial charge on any atom is -0.479 e. The maximum Gasteiger partial charge on any atom is 0.397 e. The van der Waals surface area contributed by atoms with E-state index in [-0.39, 0.29) is 0 Å². The van der Waals surface area contributed by atoms with E-state index in [1.165, 1.54) is 9.44 Å². The molecule has 0 spiro atoms. The summed E-state index contributed by atoms with van der Waals surface area (Å²) in [7, 11) is -38.9. The Kier molecular flexibility index (Phi) is 24.8. The average Bonchev–Trinajstić information content (AvgIpc) is 1.26. The van der Waals surface area contributed by atoms with E-state index in [1.54, 1.807) is 0 Å². The van der Waals surface area contributed by atoms with E-state index >= 15 is 0 Å². The van der Waals surface area contributed by atoms with Crippen molar-refractivity contribution in [3.8, 4) is 0 Å². The fraction of sp³-hybridized carbons (Fsp3) is 0.935. The van der Waals surface area contributed by atoms with Gasteiger partial charge in [0.15, 0.2) is 49.8 Å². The van der Waals surface area contributed by atoms with Crippen molar-refractivity contribution >= 4 is 84.5 Å². The number of ether oxygens (including phenoxy) is 10. The van der Waals surface area contributed by atoms with Crippen LogP contribution in [0.15, 0.2) is 0 Å². The normalized spacial score (nSPS) is 39.7. The fourth-order valence-electron chi connectivity index (χ4n) is 8.72. The molecule has 5 saturated heterocycles. The summed E-state index contributed by atoms with van der Waals surface area (Å²) < 4.78 is 309. The fourth-order valence-corrected chi connectivity index (χ4v) is 11.8. The highest BCUT2D eigenvalue weighted by Crippen LogP contribution is 2.38. The van der Waals surface area contributed by atoms with Crippen LogP contribution in [0.3, 0.4) is 0 Å². The van der Waals surface area contributed by atoms with Crippen LogP contribution in [0.1, 0.15) is 0 Å². The van der Waals surface area contributed by atoms with Gasteiger partial charge in [-0.15, -0.1) is 0 Å². The third kappa shape index (κ3) is 21.2. The van der Waals surface area contributed by atoms with Crippen molar-refractivity contribution in [2.75, 3.05) is 26.9 Å². The summed E-state index contributed by atoms with van der Waals surface area (Å²) in [6, 6.07) is -7.45. The SMILES string of the molecule is CO[C@H]1O[C@H](COS(=O)(=O)O)[C@@H](O[C@@H]2O[C@@H](C(=O)O)[C@@H](O[C@H]3O[C@H](COS(=O)(=O)O)[C@@H](O[C@@H]4O[C@H](C(=O)O)[C@@H](O[C@H]5O[C@H](COS(=O)(=O)O)[C@@H](O)[C@H](O)[C@H]5NS(=O)(=O)O)[C@H](O)[C@H]4O)[C@H](OS(=O)(=O)O)[C@H]3N)[C@H](O)[C@H]2OS(=O)(=O)O)[C@H](O)[C@H]1NS(=O)(=O)O.